The maximum atomic E-state index is 12.9. The SMILES string of the molecule is CC#CCOc1ccc(-c2ccc(I)c(=O)n2CC(F)F)c(Br)c1. The van der Waals surface area contributed by atoms with Crippen LogP contribution < -0.4 is 10.3 Å². The van der Waals surface area contributed by atoms with Crippen molar-refractivity contribution in [3.05, 3.63) is 48.7 Å². The maximum Gasteiger partial charge on any atom is 0.264 e. The first kappa shape index (κ1) is 18.9. The summed E-state index contributed by atoms with van der Waals surface area (Å²) in [7, 11) is 0. The molecule has 0 fully saturated rings. The van der Waals surface area contributed by atoms with Crippen LogP contribution in [-0.4, -0.2) is 17.6 Å². The molecule has 0 amide bonds. The number of hydrogen-bond donors (Lipinski definition) is 0. The van der Waals surface area contributed by atoms with Gasteiger partial charge in [-0.15, -0.1) is 5.92 Å². The van der Waals surface area contributed by atoms with Crippen molar-refractivity contribution in [2.45, 2.75) is 19.9 Å². The van der Waals surface area contributed by atoms with Gasteiger partial charge >= 0.3 is 0 Å². The fourth-order valence-corrected chi connectivity index (χ4v) is 3.12. The molecular weight excluding hydrogens is 495 g/mol. The van der Waals surface area contributed by atoms with E-state index < -0.39 is 18.5 Å². The normalized spacial score (nSPS) is 10.4. The molecule has 0 atom stereocenters. The summed E-state index contributed by atoms with van der Waals surface area (Å²) in [6.45, 7) is 1.34. The number of benzene rings is 1. The second kappa shape index (κ2) is 8.62. The molecule has 1 heterocycles. The molecule has 0 aliphatic heterocycles. The lowest BCUT2D eigenvalue weighted by Gasteiger charge is -2.15. The van der Waals surface area contributed by atoms with Crippen molar-refractivity contribution in [2.75, 3.05) is 6.61 Å². The van der Waals surface area contributed by atoms with Crippen molar-refractivity contribution >= 4 is 38.5 Å². The lowest BCUT2D eigenvalue weighted by atomic mass is 10.1. The summed E-state index contributed by atoms with van der Waals surface area (Å²) in [5.41, 5.74) is 0.629. The number of ether oxygens (including phenoxy) is 1. The van der Waals surface area contributed by atoms with Crippen molar-refractivity contribution in [3.8, 4) is 28.8 Å². The molecule has 0 unspecified atom stereocenters. The van der Waals surface area contributed by atoms with E-state index in [1.165, 1.54) is 0 Å². The predicted octanol–water partition coefficient (Wildman–Crippen LogP) is 4.55. The van der Waals surface area contributed by atoms with Crippen LogP contribution in [0.5, 0.6) is 5.75 Å². The van der Waals surface area contributed by atoms with Crippen LogP contribution in [0.2, 0.25) is 0 Å². The van der Waals surface area contributed by atoms with Gasteiger partial charge < -0.3 is 9.30 Å². The summed E-state index contributed by atoms with van der Waals surface area (Å²) in [4.78, 5) is 12.2. The van der Waals surface area contributed by atoms with Gasteiger partial charge in [-0.05, 0) is 75.8 Å². The van der Waals surface area contributed by atoms with Crippen LogP contribution >= 0.6 is 38.5 Å². The molecule has 0 saturated heterocycles. The van der Waals surface area contributed by atoms with Gasteiger partial charge in [0.15, 0.2) is 0 Å². The Kier molecular flexibility index (Phi) is 6.80. The van der Waals surface area contributed by atoms with Gasteiger partial charge in [-0.1, -0.05) is 5.92 Å². The van der Waals surface area contributed by atoms with Crippen LogP contribution in [0.25, 0.3) is 11.3 Å². The summed E-state index contributed by atoms with van der Waals surface area (Å²) in [5, 5.41) is 0. The summed E-state index contributed by atoms with van der Waals surface area (Å²) in [6, 6.07) is 8.44. The minimum absolute atomic E-state index is 0.266. The van der Waals surface area contributed by atoms with E-state index in [9.17, 15) is 13.6 Å². The number of aromatic nitrogens is 1. The minimum Gasteiger partial charge on any atom is -0.481 e. The van der Waals surface area contributed by atoms with E-state index >= 15 is 0 Å². The number of pyridine rings is 1. The smallest absolute Gasteiger partial charge is 0.264 e. The fraction of sp³-hybridized carbons (Fsp3) is 0.235. The standard InChI is InChI=1S/C17H13BrF2INO2/c1-2-3-8-24-11-4-5-12(13(18)9-11)15-7-6-14(21)17(23)22(15)10-16(19)20/h4-7,9,16H,8,10H2,1H3. The van der Waals surface area contributed by atoms with Crippen LogP contribution in [-0.2, 0) is 6.54 Å². The number of halogens is 4. The lowest BCUT2D eigenvalue weighted by Crippen LogP contribution is -2.26. The van der Waals surface area contributed by atoms with Gasteiger partial charge in [0.1, 0.15) is 12.4 Å². The van der Waals surface area contributed by atoms with Crippen molar-refractivity contribution in [3.63, 3.8) is 0 Å². The zero-order chi connectivity index (χ0) is 17.7. The van der Waals surface area contributed by atoms with Gasteiger partial charge in [0.25, 0.3) is 12.0 Å². The van der Waals surface area contributed by atoms with E-state index in [4.69, 9.17) is 4.74 Å². The van der Waals surface area contributed by atoms with E-state index in [-0.39, 0.29) is 6.61 Å². The van der Waals surface area contributed by atoms with Crippen molar-refractivity contribution in [2.24, 2.45) is 0 Å². The number of rotatable bonds is 5. The Morgan fingerprint density at radius 2 is 2.08 bits per heavy atom. The molecule has 0 aliphatic rings. The first-order valence-corrected chi connectivity index (χ1v) is 8.81. The highest BCUT2D eigenvalue weighted by Gasteiger charge is 2.15. The van der Waals surface area contributed by atoms with E-state index in [0.29, 0.717) is 25.0 Å². The molecule has 0 radical (unpaired) electrons. The molecule has 0 saturated carbocycles. The molecule has 7 heteroatoms. The van der Waals surface area contributed by atoms with Crippen LogP contribution in [0.4, 0.5) is 8.78 Å². The quantitative estimate of drug-likeness (QED) is 0.439. The molecule has 0 N–H and O–H groups in total. The number of hydrogen-bond acceptors (Lipinski definition) is 2. The van der Waals surface area contributed by atoms with Gasteiger partial charge in [0, 0.05) is 10.0 Å². The maximum absolute atomic E-state index is 12.9. The van der Waals surface area contributed by atoms with E-state index in [1.807, 2.05) is 22.6 Å². The van der Waals surface area contributed by atoms with Crippen molar-refractivity contribution in [1.82, 2.24) is 4.57 Å². The Labute approximate surface area is 160 Å². The third kappa shape index (κ3) is 4.57. The summed E-state index contributed by atoms with van der Waals surface area (Å²) in [5.74, 6) is 6.12. The van der Waals surface area contributed by atoms with Crippen LogP contribution in [0.1, 0.15) is 6.92 Å². The van der Waals surface area contributed by atoms with Crippen molar-refractivity contribution < 1.29 is 13.5 Å². The highest BCUT2D eigenvalue weighted by atomic mass is 127. The van der Waals surface area contributed by atoms with Gasteiger partial charge in [0.05, 0.1) is 15.8 Å². The first-order chi connectivity index (χ1) is 11.4. The van der Waals surface area contributed by atoms with Gasteiger partial charge in [-0.2, -0.15) is 0 Å². The second-order valence-corrected chi connectivity index (χ2v) is 6.75. The number of nitrogens with zero attached hydrogens (tertiary/aromatic N) is 1. The van der Waals surface area contributed by atoms with Crippen LogP contribution in [0.15, 0.2) is 39.6 Å². The third-order valence-corrected chi connectivity index (χ3v) is 4.63. The van der Waals surface area contributed by atoms with Gasteiger partial charge in [-0.25, -0.2) is 8.78 Å². The second-order valence-electron chi connectivity index (χ2n) is 4.73. The minimum atomic E-state index is -2.62. The monoisotopic (exact) mass is 507 g/mol. The summed E-state index contributed by atoms with van der Waals surface area (Å²) >= 11 is 5.26. The highest BCUT2D eigenvalue weighted by molar-refractivity contribution is 14.1. The third-order valence-electron chi connectivity index (χ3n) is 3.15. The number of alkyl halides is 2. The Balaban J connectivity index is 2.46. The Morgan fingerprint density at radius 1 is 1.33 bits per heavy atom. The average molecular weight is 508 g/mol. The molecule has 3 nitrogen and oxygen atoms in total. The van der Waals surface area contributed by atoms with E-state index in [1.54, 1.807) is 37.3 Å². The molecule has 0 spiro atoms. The average Bonchev–Trinajstić information content (AvgIpc) is 2.53. The zero-order valence-corrected chi connectivity index (χ0v) is 16.4. The van der Waals surface area contributed by atoms with Gasteiger partial charge in [-0.3, -0.25) is 4.79 Å². The summed E-state index contributed by atoms with van der Waals surface area (Å²) in [6.07, 6.45) is -2.62. The zero-order valence-electron chi connectivity index (χ0n) is 12.7. The molecule has 0 bridgehead atoms. The Morgan fingerprint density at radius 3 is 2.71 bits per heavy atom. The van der Waals surface area contributed by atoms with E-state index in [2.05, 4.69) is 27.8 Å². The predicted molar refractivity (Wildman–Crippen MR) is 102 cm³/mol. The Hall–Kier alpha value is -1.40. The largest absolute Gasteiger partial charge is 0.481 e. The topological polar surface area (TPSA) is 31.2 Å². The first-order valence-electron chi connectivity index (χ1n) is 6.94. The highest BCUT2D eigenvalue weighted by Crippen LogP contribution is 2.31. The molecular formula is C17H13BrF2INO2. The van der Waals surface area contributed by atoms with Gasteiger partial charge in [0.2, 0.25) is 0 Å². The Bertz CT molecular complexity index is 856. The summed E-state index contributed by atoms with van der Waals surface area (Å²) < 4.78 is 33.3. The molecule has 0 aliphatic carbocycles. The van der Waals surface area contributed by atoms with E-state index in [0.717, 1.165) is 4.57 Å². The molecule has 1 aromatic carbocycles. The molecule has 126 valence electrons. The molecule has 1 aromatic heterocycles. The fourth-order valence-electron chi connectivity index (χ4n) is 2.09. The molecule has 2 aromatic rings. The lowest BCUT2D eigenvalue weighted by molar-refractivity contribution is 0.125. The van der Waals surface area contributed by atoms with Crippen molar-refractivity contribution in [1.29, 1.82) is 0 Å². The van der Waals surface area contributed by atoms with Crippen LogP contribution in [0.3, 0.4) is 0 Å². The van der Waals surface area contributed by atoms with Crippen LogP contribution in [0, 0.1) is 15.4 Å². The molecule has 2 rings (SSSR count). The molecule has 24 heavy (non-hydrogen) atoms.